The van der Waals surface area contributed by atoms with E-state index in [0.29, 0.717) is 37.2 Å². The molecule has 0 bridgehead atoms. The van der Waals surface area contributed by atoms with Crippen LogP contribution in [-0.4, -0.2) is 38.4 Å². The van der Waals surface area contributed by atoms with Crippen LogP contribution in [0.2, 0.25) is 0 Å². The molecule has 1 aliphatic heterocycles. The Balaban J connectivity index is 1.32. The summed E-state index contributed by atoms with van der Waals surface area (Å²) < 4.78 is 33.5. The van der Waals surface area contributed by atoms with Gasteiger partial charge in [-0.1, -0.05) is 36.4 Å². The lowest BCUT2D eigenvalue weighted by atomic mass is 10.0. The number of carbonyl (C=O) groups is 1. The van der Waals surface area contributed by atoms with Gasteiger partial charge in [-0.2, -0.15) is 0 Å². The zero-order valence-electron chi connectivity index (χ0n) is 17.0. The minimum atomic E-state index is -3.55. The monoisotopic (exact) mass is 436 g/mol. The molecule has 4 rings (SSSR count). The lowest BCUT2D eigenvalue weighted by Crippen LogP contribution is -2.46. The number of sulfonamides is 1. The molecule has 1 aliphatic rings. The minimum Gasteiger partial charge on any atom is -0.457 e. The Bertz CT molecular complexity index is 1110. The van der Waals surface area contributed by atoms with E-state index in [1.165, 1.54) is 0 Å². The molecule has 31 heavy (non-hydrogen) atoms. The molecule has 6 nitrogen and oxygen atoms in total. The lowest BCUT2D eigenvalue weighted by molar-refractivity contribution is 0.0711. The zero-order chi connectivity index (χ0) is 21.7. The van der Waals surface area contributed by atoms with Gasteiger partial charge in [0.25, 0.3) is 5.91 Å². The molecule has 0 aromatic heterocycles. The van der Waals surface area contributed by atoms with Gasteiger partial charge in [0.15, 0.2) is 0 Å². The summed E-state index contributed by atoms with van der Waals surface area (Å²) in [6.07, 6.45) is 1.15. The predicted octanol–water partition coefficient (Wildman–Crippen LogP) is 4.06. The number of amides is 1. The highest BCUT2D eigenvalue weighted by Gasteiger charge is 2.27. The van der Waals surface area contributed by atoms with Gasteiger partial charge in [0.1, 0.15) is 11.5 Å². The van der Waals surface area contributed by atoms with Crippen molar-refractivity contribution in [2.45, 2.75) is 23.8 Å². The van der Waals surface area contributed by atoms with Gasteiger partial charge in [-0.25, -0.2) is 13.1 Å². The van der Waals surface area contributed by atoms with Crippen molar-refractivity contribution >= 4 is 15.9 Å². The van der Waals surface area contributed by atoms with Crippen LogP contribution in [-0.2, 0) is 10.0 Å². The number of hydrogen-bond acceptors (Lipinski definition) is 4. The van der Waals surface area contributed by atoms with Crippen molar-refractivity contribution in [3.05, 3.63) is 90.5 Å². The summed E-state index contributed by atoms with van der Waals surface area (Å²) in [5.74, 6) is 1.34. The van der Waals surface area contributed by atoms with E-state index in [0.717, 1.165) is 5.75 Å². The SMILES string of the molecule is O=C(c1ccc(Oc2ccccc2)cc1)N1CCC(NS(=O)(=O)c2ccccc2)CC1. The van der Waals surface area contributed by atoms with Crippen molar-refractivity contribution < 1.29 is 17.9 Å². The summed E-state index contributed by atoms with van der Waals surface area (Å²) in [6, 6.07) is 24.7. The fourth-order valence-electron chi connectivity index (χ4n) is 3.56. The van der Waals surface area contributed by atoms with E-state index in [1.807, 2.05) is 30.3 Å². The van der Waals surface area contributed by atoms with E-state index in [1.54, 1.807) is 59.5 Å². The second kappa shape index (κ2) is 9.32. The first kappa shape index (κ1) is 21.1. The van der Waals surface area contributed by atoms with Gasteiger partial charge in [0.05, 0.1) is 4.90 Å². The Kier molecular flexibility index (Phi) is 6.34. The number of rotatable bonds is 6. The molecule has 0 atom stereocenters. The lowest BCUT2D eigenvalue weighted by Gasteiger charge is -2.32. The van der Waals surface area contributed by atoms with Crippen molar-refractivity contribution in [1.29, 1.82) is 0 Å². The van der Waals surface area contributed by atoms with E-state index >= 15 is 0 Å². The maximum absolute atomic E-state index is 12.8. The summed E-state index contributed by atoms with van der Waals surface area (Å²) in [6.45, 7) is 1.01. The van der Waals surface area contributed by atoms with E-state index in [4.69, 9.17) is 4.74 Å². The third-order valence-corrected chi connectivity index (χ3v) is 6.77. The smallest absolute Gasteiger partial charge is 0.253 e. The number of hydrogen-bond donors (Lipinski definition) is 1. The van der Waals surface area contributed by atoms with Crippen LogP contribution in [0.3, 0.4) is 0 Å². The fraction of sp³-hybridized carbons (Fsp3) is 0.208. The van der Waals surface area contributed by atoms with E-state index in [9.17, 15) is 13.2 Å². The number of para-hydroxylation sites is 1. The number of likely N-dealkylation sites (tertiary alicyclic amines) is 1. The first-order chi connectivity index (χ1) is 15.0. The number of carbonyl (C=O) groups excluding carboxylic acids is 1. The molecule has 0 aliphatic carbocycles. The van der Waals surface area contributed by atoms with Crippen LogP contribution in [0.4, 0.5) is 0 Å². The van der Waals surface area contributed by atoms with Crippen molar-refractivity contribution in [3.63, 3.8) is 0 Å². The van der Waals surface area contributed by atoms with Gasteiger partial charge in [-0.05, 0) is 61.4 Å². The maximum atomic E-state index is 12.8. The second-order valence-electron chi connectivity index (χ2n) is 7.44. The molecule has 1 heterocycles. The Morgan fingerprint density at radius 3 is 1.97 bits per heavy atom. The van der Waals surface area contributed by atoms with Gasteiger partial charge >= 0.3 is 0 Å². The van der Waals surface area contributed by atoms with Crippen LogP contribution in [0.15, 0.2) is 89.8 Å². The highest BCUT2D eigenvalue weighted by Crippen LogP contribution is 2.22. The second-order valence-corrected chi connectivity index (χ2v) is 9.15. The van der Waals surface area contributed by atoms with Crippen LogP contribution in [0, 0.1) is 0 Å². The van der Waals surface area contributed by atoms with Crippen LogP contribution in [0.5, 0.6) is 11.5 Å². The Morgan fingerprint density at radius 1 is 0.806 bits per heavy atom. The van der Waals surface area contributed by atoms with Crippen molar-refractivity contribution in [2.24, 2.45) is 0 Å². The number of benzene rings is 3. The maximum Gasteiger partial charge on any atom is 0.253 e. The fourth-order valence-corrected chi connectivity index (χ4v) is 4.89. The summed E-state index contributed by atoms with van der Waals surface area (Å²) in [4.78, 5) is 14.8. The summed E-state index contributed by atoms with van der Waals surface area (Å²) >= 11 is 0. The van der Waals surface area contributed by atoms with Gasteiger partial charge in [-0.15, -0.1) is 0 Å². The van der Waals surface area contributed by atoms with Crippen LogP contribution in [0.25, 0.3) is 0 Å². The molecule has 1 fully saturated rings. The number of ether oxygens (including phenoxy) is 1. The topological polar surface area (TPSA) is 75.7 Å². The molecule has 0 saturated carbocycles. The number of piperidine rings is 1. The van der Waals surface area contributed by atoms with Gasteiger partial charge in [0, 0.05) is 24.7 Å². The molecule has 1 amide bonds. The predicted molar refractivity (Wildman–Crippen MR) is 119 cm³/mol. The minimum absolute atomic E-state index is 0.0596. The third kappa shape index (κ3) is 5.31. The van der Waals surface area contributed by atoms with E-state index in [2.05, 4.69) is 4.72 Å². The first-order valence-corrected chi connectivity index (χ1v) is 11.7. The van der Waals surface area contributed by atoms with Gasteiger partial charge in [-0.3, -0.25) is 4.79 Å². The Morgan fingerprint density at radius 2 is 1.35 bits per heavy atom. The summed E-state index contributed by atoms with van der Waals surface area (Å²) in [5.41, 5.74) is 0.587. The molecule has 7 heteroatoms. The summed E-state index contributed by atoms with van der Waals surface area (Å²) in [5, 5.41) is 0. The molecule has 160 valence electrons. The number of nitrogens with zero attached hydrogens (tertiary/aromatic N) is 1. The van der Waals surface area contributed by atoms with E-state index < -0.39 is 10.0 Å². The van der Waals surface area contributed by atoms with Crippen molar-refractivity contribution in [3.8, 4) is 11.5 Å². The first-order valence-electron chi connectivity index (χ1n) is 10.2. The molecule has 0 unspecified atom stereocenters. The Labute approximate surface area is 182 Å². The third-order valence-electron chi connectivity index (χ3n) is 5.24. The van der Waals surface area contributed by atoms with Gasteiger partial charge < -0.3 is 9.64 Å². The van der Waals surface area contributed by atoms with Crippen molar-refractivity contribution in [2.75, 3.05) is 13.1 Å². The molecule has 0 spiro atoms. The molecule has 3 aromatic carbocycles. The number of nitrogens with one attached hydrogen (secondary N) is 1. The molecular weight excluding hydrogens is 412 g/mol. The van der Waals surface area contributed by atoms with Crippen LogP contribution < -0.4 is 9.46 Å². The molecule has 3 aromatic rings. The molecule has 1 saturated heterocycles. The highest BCUT2D eigenvalue weighted by molar-refractivity contribution is 7.89. The molecular formula is C24H24N2O4S. The standard InChI is InChI=1S/C24H24N2O4S/c27-24(19-11-13-22(14-12-19)30-21-7-3-1-4-8-21)26-17-15-20(16-18-26)25-31(28,29)23-9-5-2-6-10-23/h1-14,20,25H,15-18H2. The zero-order valence-corrected chi connectivity index (χ0v) is 17.8. The van der Waals surface area contributed by atoms with Gasteiger partial charge in [0.2, 0.25) is 10.0 Å². The molecule has 0 radical (unpaired) electrons. The van der Waals surface area contributed by atoms with Crippen molar-refractivity contribution in [1.82, 2.24) is 9.62 Å². The quantitative estimate of drug-likeness (QED) is 0.632. The largest absolute Gasteiger partial charge is 0.457 e. The van der Waals surface area contributed by atoms with Crippen LogP contribution >= 0.6 is 0 Å². The average Bonchev–Trinajstić information content (AvgIpc) is 2.81. The molecule has 1 N–H and O–H groups in total. The van der Waals surface area contributed by atoms with Crippen LogP contribution in [0.1, 0.15) is 23.2 Å². The Hall–Kier alpha value is -3.16. The normalized spacial score (nSPS) is 14.9. The highest BCUT2D eigenvalue weighted by atomic mass is 32.2. The summed E-state index contributed by atoms with van der Waals surface area (Å²) in [7, 11) is -3.55. The average molecular weight is 437 g/mol. The van der Waals surface area contributed by atoms with E-state index in [-0.39, 0.29) is 16.8 Å².